The summed E-state index contributed by atoms with van der Waals surface area (Å²) in [6.45, 7) is 4.22. The van der Waals surface area contributed by atoms with Crippen molar-refractivity contribution < 1.29 is 47.7 Å². The standard InChI is InChI=1S/C30H29ClN2O10S/c1-16(34)39-15-24-25(40-17(2)35)26(41-18(3)36)27(42-19(4)37)29(43-24)44-30-32-23(14-20-10-8-9-13-22(20)31)28(38)33(30)21-11-6-5-7-12-21/h5-14,24-27,29H,15H2,1-4H3/b23-14-/t24-,25-,26+,27-,29?/m0/s1. The molecule has 0 aromatic heterocycles. The first-order valence-corrected chi connectivity index (χ1v) is 14.6. The Morgan fingerprint density at radius 2 is 1.45 bits per heavy atom. The maximum atomic E-state index is 13.7. The van der Waals surface area contributed by atoms with Gasteiger partial charge in [0.15, 0.2) is 28.9 Å². The number of hydrogen-bond donors (Lipinski definition) is 0. The van der Waals surface area contributed by atoms with Gasteiger partial charge >= 0.3 is 23.9 Å². The van der Waals surface area contributed by atoms with Crippen molar-refractivity contribution in [1.82, 2.24) is 0 Å². The van der Waals surface area contributed by atoms with Crippen LogP contribution < -0.4 is 4.90 Å². The predicted octanol–water partition coefficient (Wildman–Crippen LogP) is 3.90. The second kappa shape index (κ2) is 14.5. The second-order valence-electron chi connectivity index (χ2n) is 9.61. The van der Waals surface area contributed by atoms with Crippen molar-refractivity contribution in [1.29, 1.82) is 0 Å². The third-order valence-electron chi connectivity index (χ3n) is 6.21. The number of benzene rings is 2. The molecular weight excluding hydrogens is 616 g/mol. The van der Waals surface area contributed by atoms with Gasteiger partial charge in [0.25, 0.3) is 5.91 Å². The molecule has 0 spiro atoms. The molecule has 5 atom stereocenters. The van der Waals surface area contributed by atoms with E-state index >= 15 is 0 Å². The van der Waals surface area contributed by atoms with Crippen molar-refractivity contribution in [3.8, 4) is 0 Å². The average molecular weight is 645 g/mol. The highest BCUT2D eigenvalue weighted by Gasteiger charge is 2.53. The number of aliphatic imine (C=N–C) groups is 1. The molecule has 1 saturated heterocycles. The van der Waals surface area contributed by atoms with E-state index < -0.39 is 59.6 Å². The van der Waals surface area contributed by atoms with Crippen LogP contribution in [0.3, 0.4) is 0 Å². The number of rotatable bonds is 8. The fourth-order valence-corrected chi connectivity index (χ4v) is 5.89. The summed E-state index contributed by atoms with van der Waals surface area (Å²) in [4.78, 5) is 67.8. The number of halogens is 1. The Bertz CT molecular complexity index is 1500. The lowest BCUT2D eigenvalue weighted by Gasteiger charge is -2.44. The summed E-state index contributed by atoms with van der Waals surface area (Å²) in [6.07, 6.45) is -3.64. The first-order valence-electron chi connectivity index (χ1n) is 13.4. The minimum atomic E-state index is -1.37. The number of thioether (sulfide) groups is 1. The average Bonchev–Trinajstić information content (AvgIpc) is 3.25. The molecule has 2 aromatic carbocycles. The minimum absolute atomic E-state index is 0.0649. The monoisotopic (exact) mass is 644 g/mol. The number of amides is 1. The highest BCUT2D eigenvalue weighted by atomic mass is 35.5. The Hall–Kier alpha value is -4.20. The van der Waals surface area contributed by atoms with Crippen molar-refractivity contribution in [2.75, 3.05) is 11.5 Å². The zero-order valence-corrected chi connectivity index (χ0v) is 25.7. The normalized spacial score (nSPS) is 24.0. The molecule has 12 nitrogen and oxygen atoms in total. The molecular formula is C30H29ClN2O10S. The molecule has 0 aliphatic carbocycles. The fraction of sp³-hybridized carbons (Fsp3) is 0.333. The molecule has 4 rings (SSSR count). The zero-order valence-electron chi connectivity index (χ0n) is 24.1. The van der Waals surface area contributed by atoms with Crippen LogP contribution in [-0.4, -0.2) is 71.4 Å². The van der Waals surface area contributed by atoms with Gasteiger partial charge < -0.3 is 23.7 Å². The minimum Gasteiger partial charge on any atom is -0.463 e. The van der Waals surface area contributed by atoms with Crippen molar-refractivity contribution in [3.05, 3.63) is 70.9 Å². The van der Waals surface area contributed by atoms with Crippen molar-refractivity contribution in [2.45, 2.75) is 57.5 Å². The van der Waals surface area contributed by atoms with Gasteiger partial charge in [0, 0.05) is 32.7 Å². The molecule has 2 aromatic rings. The number of nitrogens with zero attached hydrogens (tertiary/aromatic N) is 2. The Labute approximate surface area is 262 Å². The lowest BCUT2D eigenvalue weighted by molar-refractivity contribution is -0.237. The fourth-order valence-electron chi connectivity index (χ4n) is 4.51. The van der Waals surface area contributed by atoms with Gasteiger partial charge in [-0.05, 0) is 29.8 Å². The summed E-state index contributed by atoms with van der Waals surface area (Å²) < 4.78 is 27.9. The maximum absolute atomic E-state index is 13.7. The molecule has 1 fully saturated rings. The number of amidine groups is 1. The van der Waals surface area contributed by atoms with Gasteiger partial charge in [-0.2, -0.15) is 0 Å². The van der Waals surface area contributed by atoms with Gasteiger partial charge in [0.05, 0.1) is 5.69 Å². The highest BCUT2D eigenvalue weighted by Crippen LogP contribution is 2.39. The predicted molar refractivity (Wildman–Crippen MR) is 160 cm³/mol. The van der Waals surface area contributed by atoms with Crippen LogP contribution in [0.4, 0.5) is 5.69 Å². The van der Waals surface area contributed by atoms with E-state index in [0.717, 1.165) is 32.5 Å². The lowest BCUT2D eigenvalue weighted by atomic mass is 9.99. The topological polar surface area (TPSA) is 147 Å². The Balaban J connectivity index is 1.79. The molecule has 2 aliphatic rings. The highest BCUT2D eigenvalue weighted by molar-refractivity contribution is 8.14. The summed E-state index contributed by atoms with van der Waals surface area (Å²) in [5.41, 5.74) is -0.0760. The molecule has 0 N–H and O–H groups in total. The van der Waals surface area contributed by atoms with Gasteiger partial charge in [-0.1, -0.05) is 59.8 Å². The van der Waals surface area contributed by atoms with E-state index in [9.17, 15) is 24.0 Å². The van der Waals surface area contributed by atoms with Crippen LogP contribution in [0.15, 0.2) is 65.3 Å². The molecule has 44 heavy (non-hydrogen) atoms. The molecule has 1 amide bonds. The number of para-hydroxylation sites is 1. The van der Waals surface area contributed by atoms with Gasteiger partial charge in [0.2, 0.25) is 0 Å². The van der Waals surface area contributed by atoms with Crippen molar-refractivity contribution in [2.24, 2.45) is 4.99 Å². The van der Waals surface area contributed by atoms with Crippen LogP contribution in [0, 0.1) is 0 Å². The van der Waals surface area contributed by atoms with Crippen LogP contribution in [0.5, 0.6) is 0 Å². The number of carbonyl (C=O) groups excluding carboxylic acids is 5. The van der Waals surface area contributed by atoms with E-state index in [1.807, 2.05) is 0 Å². The molecule has 2 heterocycles. The Morgan fingerprint density at radius 1 is 0.864 bits per heavy atom. The van der Waals surface area contributed by atoms with Crippen LogP contribution in [0.2, 0.25) is 5.02 Å². The largest absolute Gasteiger partial charge is 0.463 e. The number of hydrogen-bond acceptors (Lipinski definition) is 12. The summed E-state index contributed by atoms with van der Waals surface area (Å²) >= 11 is 7.24. The number of carbonyl (C=O) groups is 5. The van der Waals surface area contributed by atoms with Gasteiger partial charge in [-0.15, -0.1) is 0 Å². The molecule has 14 heteroatoms. The first kappa shape index (κ1) is 32.7. The summed E-state index contributed by atoms with van der Waals surface area (Å²) in [5.74, 6) is -3.35. The quantitative estimate of drug-likeness (QED) is 0.234. The van der Waals surface area contributed by atoms with Crippen LogP contribution in [-0.2, 0) is 47.7 Å². The van der Waals surface area contributed by atoms with Crippen LogP contribution >= 0.6 is 23.4 Å². The van der Waals surface area contributed by atoms with Gasteiger partial charge in [0.1, 0.15) is 18.4 Å². The third kappa shape index (κ3) is 8.04. The molecule has 2 aliphatic heterocycles. The van der Waals surface area contributed by atoms with Crippen molar-refractivity contribution >= 4 is 70.1 Å². The van der Waals surface area contributed by atoms with E-state index in [4.69, 9.17) is 35.3 Å². The first-order chi connectivity index (χ1) is 20.9. The van der Waals surface area contributed by atoms with Crippen LogP contribution in [0.25, 0.3) is 6.08 Å². The summed E-state index contributed by atoms with van der Waals surface area (Å²) in [7, 11) is 0. The SMILES string of the molecule is CC(=O)OC[C@@H]1OC(SC2=N/C(=C\c3ccccc3Cl)C(=O)N2c2ccccc2)[C@@H](OC(C)=O)[C@H](OC(C)=O)[C@H]1OC(C)=O. The smallest absolute Gasteiger partial charge is 0.303 e. The van der Waals surface area contributed by atoms with Crippen molar-refractivity contribution in [3.63, 3.8) is 0 Å². The van der Waals surface area contributed by atoms with E-state index in [1.165, 1.54) is 11.8 Å². The number of anilines is 1. The summed E-state index contributed by atoms with van der Waals surface area (Å²) in [5, 5.41) is 0.551. The molecule has 0 saturated carbocycles. The molecule has 0 radical (unpaired) electrons. The molecule has 0 bridgehead atoms. The summed E-state index contributed by atoms with van der Waals surface area (Å²) in [6, 6.07) is 15.6. The third-order valence-corrected chi connectivity index (χ3v) is 7.65. The van der Waals surface area contributed by atoms with Gasteiger partial charge in [-0.3, -0.25) is 28.9 Å². The lowest BCUT2D eigenvalue weighted by Crippen LogP contribution is -2.61. The second-order valence-corrected chi connectivity index (χ2v) is 11.1. The Kier molecular flexibility index (Phi) is 10.8. The number of ether oxygens (including phenoxy) is 5. The van der Waals surface area contributed by atoms with E-state index in [1.54, 1.807) is 60.7 Å². The molecule has 1 unspecified atom stereocenters. The van der Waals surface area contributed by atoms with Gasteiger partial charge in [-0.25, -0.2) is 4.99 Å². The Morgan fingerprint density at radius 3 is 2.07 bits per heavy atom. The molecule has 232 valence electrons. The number of esters is 4. The van der Waals surface area contributed by atoms with Crippen LogP contribution in [0.1, 0.15) is 33.3 Å². The maximum Gasteiger partial charge on any atom is 0.303 e. The van der Waals surface area contributed by atoms with E-state index in [-0.39, 0.29) is 17.5 Å². The van der Waals surface area contributed by atoms with E-state index in [2.05, 4.69) is 4.99 Å². The van der Waals surface area contributed by atoms with E-state index in [0.29, 0.717) is 16.3 Å². The zero-order chi connectivity index (χ0) is 32.0.